The van der Waals surface area contributed by atoms with Crippen molar-refractivity contribution in [2.45, 2.75) is 23.3 Å². The predicted octanol–water partition coefficient (Wildman–Crippen LogP) is 0.531. The molecule has 0 saturated carbocycles. The summed E-state index contributed by atoms with van der Waals surface area (Å²) in [5, 5.41) is 2.65. The van der Waals surface area contributed by atoms with Gasteiger partial charge in [0, 0.05) is 20.1 Å². The molecule has 3 amide bonds. The third kappa shape index (κ3) is 2.49. The van der Waals surface area contributed by atoms with E-state index in [0.717, 1.165) is 17.0 Å². The fourth-order valence-electron chi connectivity index (χ4n) is 2.96. The van der Waals surface area contributed by atoms with Gasteiger partial charge < -0.3 is 5.32 Å². The van der Waals surface area contributed by atoms with Gasteiger partial charge in [0.15, 0.2) is 0 Å². The van der Waals surface area contributed by atoms with Gasteiger partial charge in [-0.1, -0.05) is 0 Å². The number of hydrogen-bond donors (Lipinski definition) is 1. The zero-order valence-electron chi connectivity index (χ0n) is 12.5. The first-order valence-electron chi connectivity index (χ1n) is 7.12. The molecule has 0 atom stereocenters. The molecular formula is C14H16FN3O4S. The summed E-state index contributed by atoms with van der Waals surface area (Å²) in [7, 11) is -2.34. The van der Waals surface area contributed by atoms with Gasteiger partial charge in [-0.05, 0) is 37.1 Å². The second kappa shape index (κ2) is 5.27. The molecule has 0 aliphatic carbocycles. The standard InChI is InChI=1S/C14H16FN3O4S/c1-17-12(19)14(16-13(17)20)6-8-18(9-7-14)23(21,22)11-4-2-10(15)3-5-11/h2-5H,6-9H2,1H3,(H,16,20). The fourth-order valence-corrected chi connectivity index (χ4v) is 4.40. The van der Waals surface area contributed by atoms with Crippen molar-refractivity contribution in [2.24, 2.45) is 0 Å². The van der Waals surface area contributed by atoms with E-state index < -0.39 is 27.4 Å². The maximum Gasteiger partial charge on any atom is 0.324 e. The van der Waals surface area contributed by atoms with E-state index in [1.807, 2.05) is 0 Å². The highest BCUT2D eigenvalue weighted by molar-refractivity contribution is 7.89. The number of hydrogen-bond acceptors (Lipinski definition) is 4. The molecule has 2 aliphatic heterocycles. The molecule has 0 aromatic heterocycles. The molecule has 2 fully saturated rings. The van der Waals surface area contributed by atoms with Crippen molar-refractivity contribution in [1.29, 1.82) is 0 Å². The fraction of sp³-hybridized carbons (Fsp3) is 0.429. The highest BCUT2D eigenvalue weighted by atomic mass is 32.2. The first-order chi connectivity index (χ1) is 10.8. The Kier molecular flexibility index (Phi) is 3.64. The van der Waals surface area contributed by atoms with Gasteiger partial charge in [0.1, 0.15) is 11.4 Å². The van der Waals surface area contributed by atoms with Gasteiger partial charge in [0.25, 0.3) is 5.91 Å². The van der Waals surface area contributed by atoms with Crippen molar-refractivity contribution in [2.75, 3.05) is 20.1 Å². The first-order valence-corrected chi connectivity index (χ1v) is 8.56. The minimum absolute atomic E-state index is 0.00810. The molecule has 124 valence electrons. The van der Waals surface area contributed by atoms with Crippen LogP contribution in [0, 0.1) is 5.82 Å². The van der Waals surface area contributed by atoms with Crippen molar-refractivity contribution in [1.82, 2.24) is 14.5 Å². The van der Waals surface area contributed by atoms with Crippen LogP contribution in [0.3, 0.4) is 0 Å². The van der Waals surface area contributed by atoms with Crippen LogP contribution in [0.15, 0.2) is 29.2 Å². The number of halogens is 1. The van der Waals surface area contributed by atoms with E-state index in [-0.39, 0.29) is 36.7 Å². The van der Waals surface area contributed by atoms with Crippen LogP contribution in [0.4, 0.5) is 9.18 Å². The van der Waals surface area contributed by atoms with Crippen molar-refractivity contribution < 1.29 is 22.4 Å². The largest absolute Gasteiger partial charge is 0.324 e. The van der Waals surface area contributed by atoms with E-state index in [4.69, 9.17) is 0 Å². The highest BCUT2D eigenvalue weighted by Crippen LogP contribution is 2.31. The second-order valence-electron chi connectivity index (χ2n) is 5.73. The van der Waals surface area contributed by atoms with Gasteiger partial charge in [-0.15, -0.1) is 0 Å². The molecule has 1 aromatic carbocycles. The van der Waals surface area contributed by atoms with Crippen LogP contribution in [0.1, 0.15) is 12.8 Å². The zero-order chi connectivity index (χ0) is 16.8. The Bertz CT molecular complexity index is 755. The predicted molar refractivity (Wildman–Crippen MR) is 78.4 cm³/mol. The Morgan fingerprint density at radius 3 is 2.17 bits per heavy atom. The van der Waals surface area contributed by atoms with Gasteiger partial charge in [-0.3, -0.25) is 9.69 Å². The summed E-state index contributed by atoms with van der Waals surface area (Å²) in [5.74, 6) is -0.842. The molecule has 2 saturated heterocycles. The van der Waals surface area contributed by atoms with Crippen LogP contribution in [-0.4, -0.2) is 55.2 Å². The molecule has 1 spiro atoms. The summed E-state index contributed by atoms with van der Waals surface area (Å²) >= 11 is 0. The summed E-state index contributed by atoms with van der Waals surface area (Å²) < 4.78 is 39.3. The maximum absolute atomic E-state index is 12.9. The van der Waals surface area contributed by atoms with Crippen LogP contribution in [0.25, 0.3) is 0 Å². The van der Waals surface area contributed by atoms with E-state index >= 15 is 0 Å². The molecule has 7 nitrogen and oxygen atoms in total. The molecule has 1 aromatic rings. The van der Waals surface area contributed by atoms with Crippen LogP contribution in [0.2, 0.25) is 0 Å². The van der Waals surface area contributed by atoms with Crippen molar-refractivity contribution in [3.8, 4) is 0 Å². The Morgan fingerprint density at radius 2 is 1.70 bits per heavy atom. The van der Waals surface area contributed by atoms with E-state index in [1.165, 1.54) is 23.5 Å². The topological polar surface area (TPSA) is 86.8 Å². The van der Waals surface area contributed by atoms with Crippen molar-refractivity contribution in [3.05, 3.63) is 30.1 Å². The first kappa shape index (κ1) is 15.9. The number of rotatable bonds is 2. The van der Waals surface area contributed by atoms with Gasteiger partial charge in [-0.25, -0.2) is 17.6 Å². The van der Waals surface area contributed by atoms with Gasteiger partial charge in [0.05, 0.1) is 4.90 Å². The third-order valence-electron chi connectivity index (χ3n) is 4.39. The molecule has 0 radical (unpaired) electrons. The number of sulfonamides is 1. The quantitative estimate of drug-likeness (QED) is 0.795. The monoisotopic (exact) mass is 341 g/mol. The number of nitrogens with one attached hydrogen (secondary N) is 1. The van der Waals surface area contributed by atoms with Gasteiger partial charge in [0.2, 0.25) is 10.0 Å². The van der Waals surface area contributed by atoms with E-state index in [9.17, 15) is 22.4 Å². The van der Waals surface area contributed by atoms with Gasteiger partial charge in [-0.2, -0.15) is 4.31 Å². The summed E-state index contributed by atoms with van der Waals surface area (Å²) in [6.45, 7) is 0.221. The summed E-state index contributed by atoms with van der Waals surface area (Å²) in [6.07, 6.45) is 0.421. The smallest absolute Gasteiger partial charge is 0.323 e. The molecule has 3 rings (SSSR count). The molecule has 23 heavy (non-hydrogen) atoms. The molecular weight excluding hydrogens is 325 g/mol. The lowest BCUT2D eigenvalue weighted by Crippen LogP contribution is -2.55. The van der Waals surface area contributed by atoms with Crippen molar-refractivity contribution in [3.63, 3.8) is 0 Å². The summed E-state index contributed by atoms with van der Waals surface area (Å²) in [5.41, 5.74) is -1.01. The van der Waals surface area contributed by atoms with Crippen LogP contribution >= 0.6 is 0 Å². The third-order valence-corrected chi connectivity index (χ3v) is 6.31. The minimum atomic E-state index is -3.74. The molecule has 2 aliphatic rings. The number of carbonyl (C=O) groups is 2. The lowest BCUT2D eigenvalue weighted by atomic mass is 9.88. The van der Waals surface area contributed by atoms with Gasteiger partial charge >= 0.3 is 6.03 Å². The highest BCUT2D eigenvalue weighted by Gasteiger charge is 2.52. The number of piperidine rings is 1. The number of likely N-dealkylation sites (N-methyl/N-ethyl adjacent to an activating group) is 1. The van der Waals surface area contributed by atoms with Crippen LogP contribution in [-0.2, 0) is 14.8 Å². The number of benzene rings is 1. The van der Waals surface area contributed by atoms with E-state index in [1.54, 1.807) is 0 Å². The van der Waals surface area contributed by atoms with E-state index in [2.05, 4.69) is 5.32 Å². The number of amides is 3. The summed E-state index contributed by atoms with van der Waals surface area (Å²) in [4.78, 5) is 24.8. The lowest BCUT2D eigenvalue weighted by Gasteiger charge is -2.36. The number of urea groups is 1. The minimum Gasteiger partial charge on any atom is -0.323 e. The zero-order valence-corrected chi connectivity index (χ0v) is 13.3. The maximum atomic E-state index is 12.9. The number of nitrogens with zero attached hydrogens (tertiary/aromatic N) is 2. The lowest BCUT2D eigenvalue weighted by molar-refractivity contribution is -0.131. The summed E-state index contributed by atoms with van der Waals surface area (Å²) in [6, 6.07) is 4.14. The molecule has 1 N–H and O–H groups in total. The average Bonchev–Trinajstić information content (AvgIpc) is 2.73. The molecule has 2 heterocycles. The average molecular weight is 341 g/mol. The normalized spacial score (nSPS) is 21.7. The molecule has 0 unspecified atom stereocenters. The van der Waals surface area contributed by atoms with Crippen LogP contribution in [0.5, 0.6) is 0 Å². The van der Waals surface area contributed by atoms with Crippen LogP contribution < -0.4 is 5.32 Å². The Labute approximate surface area is 133 Å². The Hall–Kier alpha value is -2.00. The molecule has 9 heteroatoms. The molecule has 0 bridgehead atoms. The SMILES string of the molecule is CN1C(=O)NC2(CCN(S(=O)(=O)c3ccc(F)cc3)CC2)C1=O. The Balaban J connectivity index is 1.78. The second-order valence-corrected chi connectivity index (χ2v) is 7.67. The number of imide groups is 1. The van der Waals surface area contributed by atoms with E-state index in [0.29, 0.717) is 0 Å². The number of carbonyl (C=O) groups excluding carboxylic acids is 2. The van der Waals surface area contributed by atoms with Crippen molar-refractivity contribution >= 4 is 22.0 Å². The Morgan fingerprint density at radius 1 is 1.13 bits per heavy atom.